The summed E-state index contributed by atoms with van der Waals surface area (Å²) in [5.41, 5.74) is 5.62. The molecule has 0 saturated heterocycles. The van der Waals surface area contributed by atoms with Gasteiger partial charge in [-0.15, -0.1) is 0 Å². The van der Waals surface area contributed by atoms with E-state index in [-0.39, 0.29) is 40.3 Å². The highest BCUT2D eigenvalue weighted by atomic mass is 19.4. The topological polar surface area (TPSA) is 79.6 Å². The zero-order chi connectivity index (χ0) is 20.2. The van der Waals surface area contributed by atoms with Crippen LogP contribution in [0.1, 0.15) is 28.0 Å². The number of nitrogens with two attached hydrogens (primary N) is 1. The fraction of sp³-hybridized carbons (Fsp3) is 0.100. The summed E-state index contributed by atoms with van der Waals surface area (Å²) in [5, 5.41) is 19.3. The lowest BCUT2D eigenvalue weighted by Crippen LogP contribution is -2.09. The third-order valence-corrected chi connectivity index (χ3v) is 4.63. The number of allylic oxidation sites excluding steroid dienone is 1. The van der Waals surface area contributed by atoms with E-state index >= 15 is 0 Å². The molecular weight excluding hydrogens is 378 g/mol. The van der Waals surface area contributed by atoms with Crippen LogP contribution in [0.15, 0.2) is 46.9 Å². The summed E-state index contributed by atoms with van der Waals surface area (Å²) in [6, 6.07) is 8.37. The van der Waals surface area contributed by atoms with E-state index in [4.69, 9.17) is 10.2 Å². The normalized spacial score (nSPS) is 13.9. The van der Waals surface area contributed by atoms with E-state index in [0.717, 1.165) is 12.1 Å². The first-order chi connectivity index (χ1) is 13.1. The van der Waals surface area contributed by atoms with Crippen molar-refractivity contribution in [3.63, 3.8) is 0 Å². The number of anilines is 1. The highest BCUT2D eigenvalue weighted by Gasteiger charge is 2.39. The summed E-state index contributed by atoms with van der Waals surface area (Å²) >= 11 is 0. The maximum atomic E-state index is 13.9. The van der Waals surface area contributed by atoms with Gasteiger partial charge in [0.25, 0.3) is 0 Å². The maximum Gasteiger partial charge on any atom is 0.416 e. The van der Waals surface area contributed by atoms with Gasteiger partial charge in [-0.1, -0.05) is 6.07 Å². The number of furan rings is 1. The fourth-order valence-corrected chi connectivity index (χ4v) is 3.46. The Labute approximate surface area is 156 Å². The molecule has 0 aliphatic heterocycles. The SMILES string of the molecule is Nc1ccc(C2=C(c3ccc(O)c(F)c3)Cc3c2cc(O)cc3C(F)(F)F)o1. The van der Waals surface area contributed by atoms with Crippen molar-refractivity contribution in [2.45, 2.75) is 12.6 Å². The molecule has 0 saturated carbocycles. The van der Waals surface area contributed by atoms with Crippen LogP contribution in [0.4, 0.5) is 23.4 Å². The highest BCUT2D eigenvalue weighted by molar-refractivity contribution is 6.03. The van der Waals surface area contributed by atoms with E-state index in [2.05, 4.69) is 0 Å². The lowest BCUT2D eigenvalue weighted by atomic mass is 9.98. The van der Waals surface area contributed by atoms with Crippen LogP contribution in [-0.4, -0.2) is 10.2 Å². The van der Waals surface area contributed by atoms with E-state index in [1.165, 1.54) is 24.3 Å². The summed E-state index contributed by atoms with van der Waals surface area (Å²) in [4.78, 5) is 0. The first-order valence-corrected chi connectivity index (χ1v) is 8.16. The average Bonchev–Trinajstić information content (AvgIpc) is 3.19. The Morgan fingerprint density at radius 3 is 2.36 bits per heavy atom. The molecular formula is C20H13F4NO3. The predicted molar refractivity (Wildman–Crippen MR) is 93.9 cm³/mol. The standard InChI is InChI=1S/C20H13F4NO3/c21-15-5-9(1-2-16(15)27)11-8-12-13(19(11)17-3-4-18(25)28-17)6-10(26)7-14(12)20(22,23)24/h1-7,26-27H,8,25H2. The second kappa shape index (κ2) is 6.05. The van der Waals surface area contributed by atoms with Crippen molar-refractivity contribution in [2.75, 3.05) is 5.73 Å². The van der Waals surface area contributed by atoms with Gasteiger partial charge in [-0.2, -0.15) is 13.2 Å². The Balaban J connectivity index is 2.01. The van der Waals surface area contributed by atoms with Gasteiger partial charge in [0, 0.05) is 18.1 Å². The Morgan fingerprint density at radius 2 is 1.75 bits per heavy atom. The summed E-state index contributed by atoms with van der Waals surface area (Å²) in [7, 11) is 0. The number of rotatable bonds is 2. The molecule has 0 unspecified atom stereocenters. The van der Waals surface area contributed by atoms with Crippen molar-refractivity contribution in [3.05, 3.63) is 76.3 Å². The summed E-state index contributed by atoms with van der Waals surface area (Å²) in [6.45, 7) is 0. The molecule has 0 atom stereocenters. The Morgan fingerprint density at radius 1 is 1.00 bits per heavy atom. The van der Waals surface area contributed by atoms with Crippen molar-refractivity contribution in [1.82, 2.24) is 0 Å². The van der Waals surface area contributed by atoms with Gasteiger partial charge < -0.3 is 20.4 Å². The van der Waals surface area contributed by atoms with Crippen molar-refractivity contribution < 1.29 is 32.2 Å². The molecule has 1 aliphatic rings. The zero-order valence-corrected chi connectivity index (χ0v) is 14.1. The number of fused-ring (bicyclic) bond motifs is 1. The number of phenolic OH excluding ortho intramolecular Hbond substituents is 2. The molecule has 0 fully saturated rings. The van der Waals surface area contributed by atoms with Gasteiger partial charge in [-0.05, 0) is 52.6 Å². The van der Waals surface area contributed by atoms with Gasteiger partial charge in [0.15, 0.2) is 17.5 Å². The Kier molecular flexibility index (Phi) is 3.88. The maximum absolute atomic E-state index is 13.9. The number of phenols is 2. The lowest BCUT2D eigenvalue weighted by Gasteiger charge is -2.13. The summed E-state index contributed by atoms with van der Waals surface area (Å²) < 4.78 is 59.9. The van der Waals surface area contributed by atoms with Gasteiger partial charge in [0.2, 0.25) is 0 Å². The molecule has 3 aromatic rings. The molecule has 4 nitrogen and oxygen atoms in total. The molecule has 0 bridgehead atoms. The summed E-state index contributed by atoms with van der Waals surface area (Å²) in [6.07, 6.45) is -4.85. The molecule has 1 aliphatic carbocycles. The van der Waals surface area contributed by atoms with Gasteiger partial charge in [-0.3, -0.25) is 0 Å². The van der Waals surface area contributed by atoms with Gasteiger partial charge >= 0.3 is 6.18 Å². The van der Waals surface area contributed by atoms with Crippen LogP contribution in [0.5, 0.6) is 11.5 Å². The van der Waals surface area contributed by atoms with E-state index in [1.54, 1.807) is 0 Å². The predicted octanol–water partition coefficient (Wildman–Crippen LogP) is 4.95. The van der Waals surface area contributed by atoms with E-state index in [1.807, 2.05) is 0 Å². The molecule has 8 heteroatoms. The van der Waals surface area contributed by atoms with Crippen LogP contribution in [0.3, 0.4) is 0 Å². The van der Waals surface area contributed by atoms with Crippen molar-refractivity contribution in [1.29, 1.82) is 0 Å². The van der Waals surface area contributed by atoms with Gasteiger partial charge in [0.1, 0.15) is 11.5 Å². The minimum absolute atomic E-state index is 0.0567. The van der Waals surface area contributed by atoms with Crippen LogP contribution in [-0.2, 0) is 12.6 Å². The van der Waals surface area contributed by atoms with Crippen LogP contribution in [0.2, 0.25) is 0 Å². The molecule has 2 aromatic carbocycles. The first kappa shape index (κ1) is 18.0. The monoisotopic (exact) mass is 391 g/mol. The summed E-state index contributed by atoms with van der Waals surface area (Å²) in [5.74, 6) is -1.78. The smallest absolute Gasteiger partial charge is 0.416 e. The second-order valence-corrected chi connectivity index (χ2v) is 6.42. The van der Waals surface area contributed by atoms with Crippen molar-refractivity contribution >= 4 is 17.0 Å². The number of nitrogen functional groups attached to an aromatic ring is 1. The molecule has 1 heterocycles. The third-order valence-electron chi connectivity index (χ3n) is 4.63. The number of alkyl halides is 3. The molecule has 0 amide bonds. The molecule has 0 radical (unpaired) electrons. The fourth-order valence-electron chi connectivity index (χ4n) is 3.46. The molecule has 0 spiro atoms. The minimum Gasteiger partial charge on any atom is -0.508 e. The average molecular weight is 391 g/mol. The van der Waals surface area contributed by atoms with Crippen molar-refractivity contribution in [3.8, 4) is 11.5 Å². The van der Waals surface area contributed by atoms with Crippen molar-refractivity contribution in [2.24, 2.45) is 0 Å². The van der Waals surface area contributed by atoms with Gasteiger partial charge in [-0.25, -0.2) is 4.39 Å². The molecule has 4 rings (SSSR count). The number of hydrogen-bond donors (Lipinski definition) is 3. The number of halogens is 4. The van der Waals surface area contributed by atoms with Crippen LogP contribution in [0, 0.1) is 5.82 Å². The highest BCUT2D eigenvalue weighted by Crippen LogP contribution is 2.48. The van der Waals surface area contributed by atoms with E-state index < -0.39 is 29.1 Å². The molecule has 4 N–H and O–H groups in total. The second-order valence-electron chi connectivity index (χ2n) is 6.42. The quantitative estimate of drug-likeness (QED) is 0.541. The first-order valence-electron chi connectivity index (χ1n) is 8.16. The molecule has 28 heavy (non-hydrogen) atoms. The molecule has 1 aromatic heterocycles. The number of benzene rings is 2. The van der Waals surface area contributed by atoms with E-state index in [9.17, 15) is 27.8 Å². The zero-order valence-electron chi connectivity index (χ0n) is 14.1. The molecule has 144 valence electrons. The van der Waals surface area contributed by atoms with Gasteiger partial charge in [0.05, 0.1) is 5.56 Å². The van der Waals surface area contributed by atoms with Crippen LogP contribution < -0.4 is 5.73 Å². The Hall–Kier alpha value is -3.42. The van der Waals surface area contributed by atoms with Crippen LogP contribution in [0.25, 0.3) is 11.1 Å². The number of aromatic hydroxyl groups is 2. The van der Waals surface area contributed by atoms with E-state index in [0.29, 0.717) is 11.6 Å². The third kappa shape index (κ3) is 2.87. The van der Waals surface area contributed by atoms with Crippen LogP contribution >= 0.6 is 0 Å². The minimum atomic E-state index is -4.69. The number of hydrogen-bond acceptors (Lipinski definition) is 4. The lowest BCUT2D eigenvalue weighted by molar-refractivity contribution is -0.138. The Bertz CT molecular complexity index is 1130. The largest absolute Gasteiger partial charge is 0.508 e.